The third kappa shape index (κ3) is 2.88. The van der Waals surface area contributed by atoms with E-state index in [1.165, 1.54) is 18.2 Å². The summed E-state index contributed by atoms with van der Waals surface area (Å²) >= 11 is 0. The number of amides is 1. The lowest BCUT2D eigenvalue weighted by atomic mass is 10.1. The smallest absolute Gasteiger partial charge is 0.292 e. The average molecular weight is 278 g/mol. The van der Waals surface area contributed by atoms with E-state index in [0.717, 1.165) is 13.0 Å². The first kappa shape index (κ1) is 14.3. The Morgan fingerprint density at radius 1 is 1.60 bits per heavy atom. The number of nitrogens with two attached hydrogens (primary N) is 1. The molecule has 1 fully saturated rings. The van der Waals surface area contributed by atoms with Gasteiger partial charge in [-0.2, -0.15) is 0 Å². The number of carbonyl (C=O) groups excluding carboxylic acids is 1. The molecule has 7 heteroatoms. The van der Waals surface area contributed by atoms with Crippen LogP contribution in [0.1, 0.15) is 16.8 Å². The Morgan fingerprint density at radius 2 is 2.35 bits per heavy atom. The number of nitrogens with zero attached hydrogens (tertiary/aromatic N) is 2. The highest BCUT2D eigenvalue weighted by Crippen LogP contribution is 2.24. The predicted molar refractivity (Wildman–Crippen MR) is 75.4 cm³/mol. The monoisotopic (exact) mass is 278 g/mol. The number of nitrogens with one attached hydrogen (secondary N) is 1. The molecular formula is C13H18N4O3. The van der Waals surface area contributed by atoms with Gasteiger partial charge in [0, 0.05) is 24.7 Å². The Morgan fingerprint density at radius 3 is 3.00 bits per heavy atom. The van der Waals surface area contributed by atoms with Crippen LogP contribution in [0.5, 0.6) is 0 Å². The van der Waals surface area contributed by atoms with Gasteiger partial charge in [0.15, 0.2) is 0 Å². The summed E-state index contributed by atoms with van der Waals surface area (Å²) in [5.41, 5.74) is 5.70. The lowest BCUT2D eigenvalue weighted by molar-refractivity contribution is -0.383. The Kier molecular flexibility index (Phi) is 4.19. The fourth-order valence-electron chi connectivity index (χ4n) is 2.49. The number of nitrogen functional groups attached to an aromatic ring is 1. The van der Waals surface area contributed by atoms with E-state index < -0.39 is 4.92 Å². The largest absolute Gasteiger partial charge is 0.393 e. The van der Waals surface area contributed by atoms with E-state index in [2.05, 4.69) is 5.32 Å². The van der Waals surface area contributed by atoms with Crippen molar-refractivity contribution in [3.05, 3.63) is 33.9 Å². The Bertz CT molecular complexity index is 532. The van der Waals surface area contributed by atoms with Crippen molar-refractivity contribution >= 4 is 17.3 Å². The predicted octanol–water partition coefficient (Wildman–Crippen LogP) is 0.858. The third-order valence-corrected chi connectivity index (χ3v) is 3.54. The molecule has 2 rings (SSSR count). The van der Waals surface area contributed by atoms with E-state index in [1.54, 1.807) is 4.90 Å². The molecule has 3 N–H and O–H groups in total. The average Bonchev–Trinajstić information content (AvgIpc) is 2.87. The molecule has 1 atom stereocenters. The van der Waals surface area contributed by atoms with Gasteiger partial charge in [0.1, 0.15) is 5.69 Å². The summed E-state index contributed by atoms with van der Waals surface area (Å²) in [7, 11) is 1.88. The van der Waals surface area contributed by atoms with Gasteiger partial charge in [-0.3, -0.25) is 14.9 Å². The van der Waals surface area contributed by atoms with Crippen LogP contribution in [0, 0.1) is 16.0 Å². The van der Waals surface area contributed by atoms with Crippen molar-refractivity contribution in [2.24, 2.45) is 5.92 Å². The standard InChI is InChI=1S/C13H18N4O3/c1-15-7-9-4-5-16(8-9)13(18)10-2-3-11(14)12(6-10)17(19)20/h2-3,6,9,15H,4-5,7-8,14H2,1H3. The van der Waals surface area contributed by atoms with E-state index in [9.17, 15) is 14.9 Å². The maximum Gasteiger partial charge on any atom is 0.292 e. The van der Waals surface area contributed by atoms with Crippen LogP contribution in [-0.2, 0) is 0 Å². The van der Waals surface area contributed by atoms with Crippen molar-refractivity contribution in [1.29, 1.82) is 0 Å². The van der Waals surface area contributed by atoms with Gasteiger partial charge in [0.2, 0.25) is 0 Å². The molecular weight excluding hydrogens is 260 g/mol. The van der Waals surface area contributed by atoms with Crippen molar-refractivity contribution in [1.82, 2.24) is 10.2 Å². The van der Waals surface area contributed by atoms with Crippen molar-refractivity contribution < 1.29 is 9.72 Å². The molecule has 1 aliphatic rings. The van der Waals surface area contributed by atoms with Gasteiger partial charge in [0.05, 0.1) is 4.92 Å². The molecule has 1 heterocycles. The van der Waals surface area contributed by atoms with Gasteiger partial charge in [0.25, 0.3) is 11.6 Å². The van der Waals surface area contributed by atoms with Gasteiger partial charge in [-0.05, 0) is 38.1 Å². The number of likely N-dealkylation sites (tertiary alicyclic amines) is 1. The molecule has 0 spiro atoms. The number of carbonyl (C=O) groups is 1. The second kappa shape index (κ2) is 5.87. The molecule has 1 aliphatic heterocycles. The van der Waals surface area contributed by atoms with Gasteiger partial charge in [-0.1, -0.05) is 0 Å². The molecule has 0 aromatic heterocycles. The second-order valence-corrected chi connectivity index (χ2v) is 4.99. The molecule has 0 bridgehead atoms. The fourth-order valence-corrected chi connectivity index (χ4v) is 2.49. The minimum Gasteiger partial charge on any atom is -0.393 e. The molecule has 7 nitrogen and oxygen atoms in total. The number of rotatable bonds is 4. The van der Waals surface area contributed by atoms with E-state index in [-0.39, 0.29) is 17.3 Å². The Balaban J connectivity index is 2.14. The fraction of sp³-hybridized carbons (Fsp3) is 0.462. The minimum absolute atomic E-state index is 0.0704. The maximum absolute atomic E-state index is 12.3. The highest BCUT2D eigenvalue weighted by Gasteiger charge is 2.27. The van der Waals surface area contributed by atoms with Crippen LogP contribution in [0.2, 0.25) is 0 Å². The number of benzene rings is 1. The van der Waals surface area contributed by atoms with Crippen LogP contribution in [0.4, 0.5) is 11.4 Å². The van der Waals surface area contributed by atoms with E-state index in [0.29, 0.717) is 24.6 Å². The number of hydrogen-bond donors (Lipinski definition) is 2. The second-order valence-electron chi connectivity index (χ2n) is 4.99. The van der Waals surface area contributed by atoms with Crippen LogP contribution in [0.25, 0.3) is 0 Å². The number of anilines is 1. The summed E-state index contributed by atoms with van der Waals surface area (Å²) in [6.07, 6.45) is 0.948. The van der Waals surface area contributed by atoms with Crippen molar-refractivity contribution in [3.63, 3.8) is 0 Å². The Hall–Kier alpha value is -2.15. The molecule has 1 aromatic rings. The first-order chi connectivity index (χ1) is 9.52. The molecule has 0 radical (unpaired) electrons. The van der Waals surface area contributed by atoms with Crippen molar-refractivity contribution in [2.75, 3.05) is 32.4 Å². The summed E-state index contributed by atoms with van der Waals surface area (Å²) in [5.74, 6) is 0.263. The SMILES string of the molecule is CNCC1CCN(C(=O)c2ccc(N)c([N+](=O)[O-])c2)C1. The summed E-state index contributed by atoms with van der Waals surface area (Å²) in [6.45, 7) is 2.23. The molecule has 108 valence electrons. The zero-order chi connectivity index (χ0) is 14.7. The number of hydrogen-bond acceptors (Lipinski definition) is 5. The topological polar surface area (TPSA) is 102 Å². The zero-order valence-electron chi connectivity index (χ0n) is 11.3. The lowest BCUT2D eigenvalue weighted by Crippen LogP contribution is -2.30. The van der Waals surface area contributed by atoms with Crippen molar-refractivity contribution in [3.8, 4) is 0 Å². The van der Waals surface area contributed by atoms with E-state index >= 15 is 0 Å². The van der Waals surface area contributed by atoms with Gasteiger partial charge in [-0.25, -0.2) is 0 Å². The molecule has 1 unspecified atom stereocenters. The highest BCUT2D eigenvalue weighted by molar-refractivity contribution is 5.95. The van der Waals surface area contributed by atoms with Crippen LogP contribution in [0.15, 0.2) is 18.2 Å². The van der Waals surface area contributed by atoms with Gasteiger partial charge >= 0.3 is 0 Å². The molecule has 20 heavy (non-hydrogen) atoms. The normalized spacial score (nSPS) is 18.2. The van der Waals surface area contributed by atoms with Crippen LogP contribution in [-0.4, -0.2) is 42.4 Å². The first-order valence-corrected chi connectivity index (χ1v) is 6.50. The Labute approximate surface area is 116 Å². The highest BCUT2D eigenvalue weighted by atomic mass is 16.6. The summed E-state index contributed by atoms with van der Waals surface area (Å²) < 4.78 is 0. The van der Waals surface area contributed by atoms with E-state index in [1.807, 2.05) is 7.05 Å². The number of nitro groups is 1. The summed E-state index contributed by atoms with van der Waals surface area (Å²) in [4.78, 5) is 24.3. The first-order valence-electron chi connectivity index (χ1n) is 6.50. The van der Waals surface area contributed by atoms with Crippen molar-refractivity contribution in [2.45, 2.75) is 6.42 Å². The van der Waals surface area contributed by atoms with Crippen LogP contribution in [0.3, 0.4) is 0 Å². The lowest BCUT2D eigenvalue weighted by Gasteiger charge is -2.16. The minimum atomic E-state index is -0.570. The molecule has 0 saturated carbocycles. The molecule has 1 amide bonds. The third-order valence-electron chi connectivity index (χ3n) is 3.54. The molecule has 1 aromatic carbocycles. The number of nitro benzene ring substituents is 1. The van der Waals surface area contributed by atoms with Crippen LogP contribution < -0.4 is 11.1 Å². The zero-order valence-corrected chi connectivity index (χ0v) is 11.3. The quantitative estimate of drug-likeness (QED) is 0.483. The van der Waals surface area contributed by atoms with Crippen LogP contribution >= 0.6 is 0 Å². The molecule has 0 aliphatic carbocycles. The summed E-state index contributed by atoms with van der Waals surface area (Å²) in [5, 5.41) is 13.9. The molecule has 1 saturated heterocycles. The summed E-state index contributed by atoms with van der Waals surface area (Å²) in [6, 6.07) is 4.20. The maximum atomic E-state index is 12.3. The van der Waals surface area contributed by atoms with Gasteiger partial charge < -0.3 is 16.0 Å². The van der Waals surface area contributed by atoms with E-state index in [4.69, 9.17) is 5.73 Å². The van der Waals surface area contributed by atoms with Gasteiger partial charge in [-0.15, -0.1) is 0 Å².